The van der Waals surface area contributed by atoms with E-state index >= 15 is 0 Å². The molecular weight excluding hydrogens is 433 g/mol. The Balaban J connectivity index is 1.78. The number of benzene rings is 1. The van der Waals surface area contributed by atoms with Gasteiger partial charge in [-0.25, -0.2) is 0 Å². The second-order valence-corrected chi connectivity index (χ2v) is 7.64. The normalized spacial score (nSPS) is 21.3. The smallest absolute Gasteiger partial charge is 0.431 e. The predicted molar refractivity (Wildman–Crippen MR) is 107 cm³/mol. The van der Waals surface area contributed by atoms with E-state index in [2.05, 4.69) is 0 Å². The van der Waals surface area contributed by atoms with Crippen molar-refractivity contribution in [3.63, 3.8) is 0 Å². The number of rotatable bonds is 7. The van der Waals surface area contributed by atoms with Gasteiger partial charge in [-0.1, -0.05) is 12.1 Å². The number of pyridine rings is 1. The molecule has 0 aliphatic carbocycles. The summed E-state index contributed by atoms with van der Waals surface area (Å²) in [6, 6.07) is 6.56. The number of carbonyl (C=O) groups is 1. The Kier molecular flexibility index (Phi) is 6.91. The van der Waals surface area contributed by atoms with Gasteiger partial charge in [-0.15, -0.1) is 0 Å². The van der Waals surface area contributed by atoms with E-state index in [1.807, 2.05) is 6.92 Å². The maximum atomic E-state index is 13.4. The zero-order chi connectivity index (χ0) is 23.5. The van der Waals surface area contributed by atoms with E-state index in [1.54, 1.807) is 12.1 Å². The largest absolute Gasteiger partial charge is 0.491 e. The fourth-order valence-corrected chi connectivity index (χ4v) is 3.42. The lowest BCUT2D eigenvalue weighted by molar-refractivity contribution is -0.213. The fourth-order valence-electron chi connectivity index (χ4n) is 3.42. The lowest BCUT2D eigenvalue weighted by atomic mass is 10.0. The standard InChI is InChI=1S/C21H23F3N2O6/c1-20(10-29-2)11-30-8-14(32-20)9-31-13-5-3-12(4-6-13)15-7-16(18(25)27)19(28)26-17(15)21(22,23)24/h3-7,14H,8-11H2,1-2H3,(H2,25,27)(H,26,28)/t14-,20+/m1/s1. The summed E-state index contributed by atoms with van der Waals surface area (Å²) in [5.74, 6) is -0.735. The Hall–Kier alpha value is -2.89. The minimum atomic E-state index is -4.84. The van der Waals surface area contributed by atoms with E-state index < -0.39 is 34.5 Å². The van der Waals surface area contributed by atoms with Gasteiger partial charge in [0, 0.05) is 12.7 Å². The Morgan fingerprint density at radius 1 is 1.31 bits per heavy atom. The second-order valence-electron chi connectivity index (χ2n) is 7.64. The monoisotopic (exact) mass is 456 g/mol. The summed E-state index contributed by atoms with van der Waals surface area (Å²) in [4.78, 5) is 24.9. The van der Waals surface area contributed by atoms with Crippen LogP contribution in [0.5, 0.6) is 5.75 Å². The van der Waals surface area contributed by atoms with Crippen LogP contribution in [0.4, 0.5) is 13.2 Å². The molecule has 0 unspecified atom stereocenters. The average Bonchev–Trinajstić information content (AvgIpc) is 2.71. The lowest BCUT2D eigenvalue weighted by Gasteiger charge is -2.37. The maximum Gasteiger partial charge on any atom is 0.431 e. The molecule has 1 amide bonds. The summed E-state index contributed by atoms with van der Waals surface area (Å²) in [7, 11) is 1.56. The van der Waals surface area contributed by atoms with Crippen molar-refractivity contribution < 1.29 is 36.9 Å². The van der Waals surface area contributed by atoms with Crippen LogP contribution in [0.25, 0.3) is 11.1 Å². The van der Waals surface area contributed by atoms with E-state index in [0.717, 1.165) is 6.07 Å². The van der Waals surface area contributed by atoms with Crippen molar-refractivity contribution in [2.45, 2.75) is 24.8 Å². The van der Waals surface area contributed by atoms with Gasteiger partial charge in [-0.2, -0.15) is 13.2 Å². The number of H-pyrrole nitrogens is 1. The molecule has 8 nitrogen and oxygen atoms in total. The summed E-state index contributed by atoms with van der Waals surface area (Å²) < 4.78 is 62.6. The summed E-state index contributed by atoms with van der Waals surface area (Å²) in [5.41, 5.74) is 1.20. The quantitative estimate of drug-likeness (QED) is 0.662. The van der Waals surface area contributed by atoms with Crippen molar-refractivity contribution in [3.05, 3.63) is 51.9 Å². The maximum absolute atomic E-state index is 13.4. The number of halogens is 3. The van der Waals surface area contributed by atoms with Gasteiger partial charge in [0.2, 0.25) is 0 Å². The molecule has 0 spiro atoms. The fraction of sp³-hybridized carbons (Fsp3) is 0.429. The third-order valence-electron chi connectivity index (χ3n) is 4.80. The molecule has 0 saturated carbocycles. The minimum absolute atomic E-state index is 0.119. The van der Waals surface area contributed by atoms with Crippen molar-refractivity contribution in [1.82, 2.24) is 4.98 Å². The first-order valence-corrected chi connectivity index (χ1v) is 9.64. The van der Waals surface area contributed by atoms with Crippen LogP contribution in [0.2, 0.25) is 0 Å². The van der Waals surface area contributed by atoms with E-state index in [9.17, 15) is 22.8 Å². The molecule has 3 rings (SSSR count). The number of primary amides is 1. The van der Waals surface area contributed by atoms with Gasteiger partial charge < -0.3 is 29.7 Å². The van der Waals surface area contributed by atoms with Gasteiger partial charge >= 0.3 is 6.18 Å². The van der Waals surface area contributed by atoms with Gasteiger partial charge in [-0.05, 0) is 30.7 Å². The Bertz CT molecular complexity index is 1020. The van der Waals surface area contributed by atoms with Gasteiger partial charge in [0.05, 0.1) is 19.8 Å². The van der Waals surface area contributed by atoms with E-state index in [4.69, 9.17) is 24.7 Å². The molecule has 1 aromatic carbocycles. The molecule has 3 N–H and O–H groups in total. The molecule has 174 valence electrons. The SMILES string of the molecule is COC[C@@]1(C)COC[C@H](COc2ccc(-c3cc(C(N)=O)c(=O)[nH]c3C(F)(F)F)cc2)O1. The zero-order valence-electron chi connectivity index (χ0n) is 17.5. The molecule has 1 aliphatic heterocycles. The summed E-state index contributed by atoms with van der Waals surface area (Å²) in [6.45, 7) is 3.10. The number of nitrogens with two attached hydrogens (primary N) is 1. The third kappa shape index (κ3) is 5.47. The number of methoxy groups -OCH3 is 1. The first kappa shape index (κ1) is 23.8. The van der Waals surface area contributed by atoms with Crippen molar-refractivity contribution in [1.29, 1.82) is 0 Å². The van der Waals surface area contributed by atoms with Crippen LogP contribution in [0.1, 0.15) is 23.0 Å². The molecule has 1 aromatic heterocycles. The molecule has 1 saturated heterocycles. The number of hydrogen-bond donors (Lipinski definition) is 2. The number of carbonyl (C=O) groups excluding carboxylic acids is 1. The van der Waals surface area contributed by atoms with Crippen molar-refractivity contribution in [2.75, 3.05) is 33.5 Å². The molecule has 0 radical (unpaired) electrons. The minimum Gasteiger partial charge on any atom is -0.491 e. The highest BCUT2D eigenvalue weighted by Gasteiger charge is 2.36. The zero-order valence-corrected chi connectivity index (χ0v) is 17.5. The number of ether oxygens (including phenoxy) is 4. The van der Waals surface area contributed by atoms with Gasteiger partial charge in [0.15, 0.2) is 0 Å². The van der Waals surface area contributed by atoms with Crippen LogP contribution in [0.3, 0.4) is 0 Å². The highest BCUT2D eigenvalue weighted by molar-refractivity contribution is 5.94. The van der Waals surface area contributed by atoms with Gasteiger partial charge in [0.25, 0.3) is 11.5 Å². The van der Waals surface area contributed by atoms with Crippen LogP contribution in [-0.4, -0.2) is 56.1 Å². The average molecular weight is 456 g/mol. The van der Waals surface area contributed by atoms with Crippen molar-refractivity contribution >= 4 is 5.91 Å². The predicted octanol–water partition coefficient (Wildman–Crippen LogP) is 2.36. The van der Waals surface area contributed by atoms with Crippen LogP contribution >= 0.6 is 0 Å². The number of alkyl halides is 3. The van der Waals surface area contributed by atoms with Crippen LogP contribution in [-0.2, 0) is 20.4 Å². The molecule has 2 heterocycles. The summed E-state index contributed by atoms with van der Waals surface area (Å²) in [5, 5.41) is 0. The Labute approximate surface area is 181 Å². The first-order valence-electron chi connectivity index (χ1n) is 9.64. The molecule has 2 aromatic rings. The number of nitrogens with one attached hydrogen (secondary N) is 1. The topological polar surface area (TPSA) is 113 Å². The number of aromatic nitrogens is 1. The van der Waals surface area contributed by atoms with Crippen LogP contribution in [0.15, 0.2) is 35.1 Å². The Morgan fingerprint density at radius 2 is 2.00 bits per heavy atom. The molecule has 32 heavy (non-hydrogen) atoms. The molecule has 1 fully saturated rings. The summed E-state index contributed by atoms with van der Waals surface area (Å²) >= 11 is 0. The van der Waals surface area contributed by atoms with Gasteiger partial charge in [-0.3, -0.25) is 9.59 Å². The van der Waals surface area contributed by atoms with Crippen LogP contribution in [0, 0.1) is 0 Å². The van der Waals surface area contributed by atoms with E-state index in [0.29, 0.717) is 25.6 Å². The van der Waals surface area contributed by atoms with E-state index in [-0.39, 0.29) is 23.8 Å². The number of hydrogen-bond acceptors (Lipinski definition) is 6. The third-order valence-corrected chi connectivity index (χ3v) is 4.80. The molecule has 11 heteroatoms. The number of aromatic amines is 1. The lowest BCUT2D eigenvalue weighted by Crippen LogP contribution is -2.50. The van der Waals surface area contributed by atoms with Crippen LogP contribution < -0.4 is 16.0 Å². The summed E-state index contributed by atoms with van der Waals surface area (Å²) in [6.07, 6.45) is -5.19. The second kappa shape index (κ2) is 9.31. The molecule has 2 atom stereocenters. The number of amides is 1. The molecular formula is C21H23F3N2O6. The highest BCUT2D eigenvalue weighted by atomic mass is 19.4. The first-order chi connectivity index (χ1) is 15.0. The highest BCUT2D eigenvalue weighted by Crippen LogP contribution is 2.35. The molecule has 0 bridgehead atoms. The van der Waals surface area contributed by atoms with Gasteiger partial charge in [0.1, 0.15) is 35.3 Å². The van der Waals surface area contributed by atoms with Crippen molar-refractivity contribution in [2.24, 2.45) is 5.73 Å². The molecule has 1 aliphatic rings. The van der Waals surface area contributed by atoms with E-state index in [1.165, 1.54) is 24.3 Å². The Morgan fingerprint density at radius 3 is 2.59 bits per heavy atom. The van der Waals surface area contributed by atoms with Crippen molar-refractivity contribution in [3.8, 4) is 16.9 Å².